The molecule has 0 saturated carbocycles. The van der Waals surface area contributed by atoms with Gasteiger partial charge in [-0.2, -0.15) is 0 Å². The molecule has 0 bridgehead atoms. The van der Waals surface area contributed by atoms with Crippen LogP contribution in [-0.2, 0) is 5.41 Å². The van der Waals surface area contributed by atoms with Crippen molar-refractivity contribution < 1.29 is 8.83 Å². The van der Waals surface area contributed by atoms with Crippen molar-refractivity contribution in [2.75, 3.05) is 9.80 Å². The highest BCUT2D eigenvalue weighted by atomic mass is 16.3. The zero-order valence-corrected chi connectivity index (χ0v) is 39.3. The minimum absolute atomic E-state index is 0.747. The summed E-state index contributed by atoms with van der Waals surface area (Å²) < 4.78 is 13.1. The lowest BCUT2D eigenvalue weighted by Crippen LogP contribution is -2.29. The first-order valence-corrected chi connectivity index (χ1v) is 24.4. The number of hydrogen-bond acceptors (Lipinski definition) is 4. The van der Waals surface area contributed by atoms with E-state index < -0.39 is 5.41 Å². The molecule has 2 heterocycles. The molecule has 0 N–H and O–H groups in total. The zero-order chi connectivity index (χ0) is 47.2. The Morgan fingerprint density at radius 2 is 0.775 bits per heavy atom. The summed E-state index contributed by atoms with van der Waals surface area (Å²) >= 11 is 0. The highest BCUT2D eigenvalue weighted by Crippen LogP contribution is 2.61. The molecule has 0 fully saturated rings. The van der Waals surface area contributed by atoms with Crippen LogP contribution in [0.5, 0.6) is 0 Å². The van der Waals surface area contributed by atoms with Gasteiger partial charge in [0.2, 0.25) is 0 Å². The lowest BCUT2D eigenvalue weighted by Gasteiger charge is -2.36. The van der Waals surface area contributed by atoms with Crippen molar-refractivity contribution in [1.82, 2.24) is 0 Å². The zero-order valence-electron chi connectivity index (χ0n) is 39.3. The Bertz CT molecular complexity index is 4150. The number of furan rings is 2. The molecule has 0 aliphatic heterocycles. The quantitative estimate of drug-likeness (QED) is 0.152. The summed E-state index contributed by atoms with van der Waals surface area (Å²) in [6, 6.07) is 88.5. The van der Waals surface area contributed by atoms with E-state index in [4.69, 9.17) is 8.83 Å². The number of aryl methyl sites for hydroxylation is 2. The first-order chi connectivity index (χ1) is 35.0. The lowest BCUT2D eigenvalue weighted by molar-refractivity contribution is 0.668. The second kappa shape index (κ2) is 16.0. The fourth-order valence-electron chi connectivity index (χ4n) is 11.7. The fourth-order valence-corrected chi connectivity index (χ4v) is 11.7. The molecule has 1 aliphatic rings. The number of nitrogens with zero attached hydrogens (tertiary/aromatic N) is 2. The average Bonchev–Trinajstić information content (AvgIpc) is 4.11. The highest BCUT2D eigenvalue weighted by molar-refractivity contribution is 6.17. The van der Waals surface area contributed by atoms with Gasteiger partial charge in [-0.1, -0.05) is 175 Å². The molecule has 0 spiro atoms. The van der Waals surface area contributed by atoms with E-state index >= 15 is 0 Å². The standard InChI is InChI=1S/C67H46N2O2/c1-43-31-35-47(36-32-43)68(57-25-15-29-62-65(57)53-23-11-13-27-60(53)70-62)49-39-40-52-55(41-49)67(45-17-5-3-6-18-45,46-19-7-4-8-20-46)56-42-59(50-21-9-10-22-51(50)64(52)56)69(48-37-33-44(2)34-38-48)58-26-16-30-63-66(58)54-24-12-14-28-61(54)71-63/h3-42H,1-2H3. The lowest BCUT2D eigenvalue weighted by atomic mass is 9.67. The topological polar surface area (TPSA) is 32.8 Å². The maximum Gasteiger partial charge on any atom is 0.137 e. The number of benzene rings is 11. The Hall–Kier alpha value is -9.12. The fraction of sp³-hybridized carbons (Fsp3) is 0.0448. The largest absolute Gasteiger partial charge is 0.456 e. The summed E-state index contributed by atoms with van der Waals surface area (Å²) in [5, 5.41) is 6.67. The molecule has 336 valence electrons. The molecule has 1 aliphatic carbocycles. The summed E-state index contributed by atoms with van der Waals surface area (Å²) in [6.45, 7) is 4.30. The van der Waals surface area contributed by atoms with Gasteiger partial charge in [0.25, 0.3) is 0 Å². The molecule has 2 aromatic heterocycles. The maximum absolute atomic E-state index is 6.59. The minimum Gasteiger partial charge on any atom is -0.456 e. The van der Waals surface area contributed by atoms with Crippen LogP contribution in [0.3, 0.4) is 0 Å². The second-order valence-corrected chi connectivity index (χ2v) is 18.9. The van der Waals surface area contributed by atoms with E-state index in [2.05, 4.69) is 254 Å². The van der Waals surface area contributed by atoms with Crippen molar-refractivity contribution in [1.29, 1.82) is 0 Å². The molecule has 11 aromatic carbocycles. The molecule has 0 atom stereocenters. The van der Waals surface area contributed by atoms with Gasteiger partial charge in [-0.25, -0.2) is 0 Å². The normalized spacial score (nSPS) is 12.8. The predicted molar refractivity (Wildman–Crippen MR) is 295 cm³/mol. The van der Waals surface area contributed by atoms with E-state index in [-0.39, 0.29) is 0 Å². The van der Waals surface area contributed by atoms with Crippen LogP contribution in [0.4, 0.5) is 34.1 Å². The SMILES string of the molecule is Cc1ccc(N(c2ccc3c(c2)C(c2ccccc2)(c2ccccc2)c2cc(N(c4ccc(C)cc4)c4cccc5oc6ccccc6c45)c4ccccc4c2-3)c2cccc3oc4ccccc4c23)cc1. The van der Waals surface area contributed by atoms with E-state index in [0.29, 0.717) is 0 Å². The predicted octanol–water partition coefficient (Wildman–Crippen LogP) is 18.6. The van der Waals surface area contributed by atoms with Crippen molar-refractivity contribution in [3.8, 4) is 11.1 Å². The Morgan fingerprint density at radius 1 is 0.324 bits per heavy atom. The van der Waals surface area contributed by atoms with Crippen molar-refractivity contribution in [3.63, 3.8) is 0 Å². The Labute approximate surface area is 411 Å². The van der Waals surface area contributed by atoms with Gasteiger partial charge in [-0.15, -0.1) is 0 Å². The molecule has 0 unspecified atom stereocenters. The van der Waals surface area contributed by atoms with Crippen LogP contribution in [-0.4, -0.2) is 0 Å². The van der Waals surface area contributed by atoms with Crippen LogP contribution in [0.1, 0.15) is 33.4 Å². The second-order valence-electron chi connectivity index (χ2n) is 18.9. The van der Waals surface area contributed by atoms with Gasteiger partial charge in [0, 0.05) is 33.2 Å². The van der Waals surface area contributed by atoms with E-state index in [1.807, 2.05) is 12.1 Å². The van der Waals surface area contributed by atoms with Crippen LogP contribution in [0, 0.1) is 13.8 Å². The van der Waals surface area contributed by atoms with Crippen LogP contribution in [0.25, 0.3) is 65.8 Å². The molecule has 13 aromatic rings. The van der Waals surface area contributed by atoms with Crippen LogP contribution in [0.15, 0.2) is 251 Å². The van der Waals surface area contributed by atoms with Gasteiger partial charge in [-0.05, 0) is 131 Å². The summed E-state index contributed by atoms with van der Waals surface area (Å²) in [6.07, 6.45) is 0. The Morgan fingerprint density at radius 3 is 1.34 bits per heavy atom. The van der Waals surface area contributed by atoms with Gasteiger partial charge < -0.3 is 18.6 Å². The van der Waals surface area contributed by atoms with Crippen molar-refractivity contribution >= 4 is 88.8 Å². The molecule has 4 heteroatoms. The molecule has 0 saturated heterocycles. The first kappa shape index (κ1) is 40.9. The molecule has 4 nitrogen and oxygen atoms in total. The summed E-state index contributed by atoms with van der Waals surface area (Å²) in [4.78, 5) is 4.89. The van der Waals surface area contributed by atoms with Gasteiger partial charge in [0.1, 0.15) is 22.3 Å². The number of para-hydroxylation sites is 2. The van der Waals surface area contributed by atoms with E-state index in [1.165, 1.54) is 49.9 Å². The van der Waals surface area contributed by atoms with Crippen LogP contribution >= 0.6 is 0 Å². The number of fused-ring (bicyclic) bond motifs is 11. The van der Waals surface area contributed by atoms with E-state index in [1.54, 1.807) is 0 Å². The molecule has 0 radical (unpaired) electrons. The molecular formula is C67H46N2O2. The van der Waals surface area contributed by atoms with Crippen LogP contribution < -0.4 is 9.80 Å². The van der Waals surface area contributed by atoms with Gasteiger partial charge in [-0.3, -0.25) is 0 Å². The molecule has 71 heavy (non-hydrogen) atoms. The van der Waals surface area contributed by atoms with Crippen molar-refractivity contribution in [2.24, 2.45) is 0 Å². The third-order valence-electron chi connectivity index (χ3n) is 14.8. The van der Waals surface area contributed by atoms with Crippen molar-refractivity contribution in [3.05, 3.63) is 276 Å². The van der Waals surface area contributed by atoms with Crippen molar-refractivity contribution in [2.45, 2.75) is 19.3 Å². The first-order valence-electron chi connectivity index (χ1n) is 24.4. The highest BCUT2D eigenvalue weighted by Gasteiger charge is 2.48. The number of hydrogen-bond donors (Lipinski definition) is 0. The Balaban J connectivity index is 1.10. The van der Waals surface area contributed by atoms with E-state index in [0.717, 1.165) is 83.4 Å². The van der Waals surface area contributed by atoms with E-state index in [9.17, 15) is 0 Å². The van der Waals surface area contributed by atoms with Gasteiger partial charge in [0.05, 0.1) is 33.2 Å². The average molecular weight is 911 g/mol. The number of rotatable bonds is 8. The van der Waals surface area contributed by atoms with Crippen LogP contribution in [0.2, 0.25) is 0 Å². The summed E-state index contributed by atoms with van der Waals surface area (Å²) in [5.74, 6) is 0. The van der Waals surface area contributed by atoms with Gasteiger partial charge in [0.15, 0.2) is 0 Å². The number of anilines is 6. The maximum atomic E-state index is 6.59. The van der Waals surface area contributed by atoms with Gasteiger partial charge >= 0.3 is 0 Å². The molecule has 14 rings (SSSR count). The smallest absolute Gasteiger partial charge is 0.137 e. The molecular weight excluding hydrogens is 865 g/mol. The summed E-state index contributed by atoms with van der Waals surface area (Å²) in [5.41, 5.74) is 18.8. The summed E-state index contributed by atoms with van der Waals surface area (Å²) in [7, 11) is 0. The third-order valence-corrected chi connectivity index (χ3v) is 14.8. The monoisotopic (exact) mass is 910 g/mol. The molecule has 0 amide bonds. The third kappa shape index (κ3) is 6.17. The minimum atomic E-state index is -0.747. The Kier molecular flexibility index (Phi) is 9.21.